The normalized spacial score (nSPS) is 26.5. The van der Waals surface area contributed by atoms with Crippen LogP contribution in [0.5, 0.6) is 0 Å². The van der Waals surface area contributed by atoms with Crippen LogP contribution >= 0.6 is 23.7 Å². The summed E-state index contributed by atoms with van der Waals surface area (Å²) in [6.45, 7) is 0.317. The van der Waals surface area contributed by atoms with E-state index in [0.717, 1.165) is 29.6 Å². The van der Waals surface area contributed by atoms with Crippen LogP contribution in [-0.2, 0) is 17.4 Å². The Kier molecular flexibility index (Phi) is 6.50. The van der Waals surface area contributed by atoms with Gasteiger partial charge in [-0.25, -0.2) is 4.98 Å². The molecule has 2 fully saturated rings. The van der Waals surface area contributed by atoms with Gasteiger partial charge in [-0.1, -0.05) is 12.8 Å². The molecule has 136 valence electrons. The summed E-state index contributed by atoms with van der Waals surface area (Å²) in [4.78, 5) is 15.7. The number of hydrogen-bond donors (Lipinski definition) is 2. The second-order valence-electron chi connectivity index (χ2n) is 6.27. The first-order valence-corrected chi connectivity index (χ1v) is 8.87. The van der Waals surface area contributed by atoms with Gasteiger partial charge in [-0.15, -0.1) is 23.7 Å². The lowest BCUT2D eigenvalue weighted by atomic mass is 9.85. The van der Waals surface area contributed by atoms with Crippen LogP contribution < -0.4 is 10.6 Å². The Hall–Kier alpha value is -0.860. The third kappa shape index (κ3) is 4.61. The van der Waals surface area contributed by atoms with Crippen molar-refractivity contribution in [1.29, 1.82) is 0 Å². The Morgan fingerprint density at radius 3 is 2.79 bits per heavy atom. The van der Waals surface area contributed by atoms with E-state index in [-0.39, 0.29) is 24.4 Å². The van der Waals surface area contributed by atoms with Gasteiger partial charge in [0.25, 0.3) is 0 Å². The summed E-state index contributed by atoms with van der Waals surface area (Å²) in [5.74, 6) is 0.541. The molecule has 0 bridgehead atoms. The zero-order valence-corrected chi connectivity index (χ0v) is 14.7. The molecule has 2 heterocycles. The van der Waals surface area contributed by atoms with Gasteiger partial charge < -0.3 is 10.6 Å². The monoisotopic (exact) mass is 383 g/mol. The quantitative estimate of drug-likeness (QED) is 0.839. The molecule has 3 atom stereocenters. The molecule has 1 aromatic heterocycles. The molecule has 2 N–H and O–H groups in total. The molecule has 1 amide bonds. The molecule has 1 aromatic rings. The summed E-state index contributed by atoms with van der Waals surface area (Å²) in [6, 6.07) is 0.290. The average Bonchev–Trinajstić information content (AvgIpc) is 3.13. The van der Waals surface area contributed by atoms with E-state index >= 15 is 0 Å². The lowest BCUT2D eigenvalue weighted by Crippen LogP contribution is -2.43. The lowest BCUT2D eigenvalue weighted by Gasteiger charge is -2.24. The summed E-state index contributed by atoms with van der Waals surface area (Å²) in [7, 11) is 0. The number of carbonyl (C=O) groups is 1. The maximum Gasteiger partial charge on any atom is 0.434 e. The van der Waals surface area contributed by atoms with Gasteiger partial charge in [0.15, 0.2) is 5.69 Å². The maximum absolute atomic E-state index is 12.5. The van der Waals surface area contributed by atoms with Gasteiger partial charge in [0.2, 0.25) is 5.91 Å². The number of hydrogen-bond acceptors (Lipinski definition) is 4. The number of carbonyl (C=O) groups excluding carboxylic acids is 1. The number of amides is 1. The summed E-state index contributed by atoms with van der Waals surface area (Å²) in [6.07, 6.45) is 1.56. The molecule has 0 radical (unpaired) electrons. The molecule has 1 saturated heterocycles. The van der Waals surface area contributed by atoms with Gasteiger partial charge >= 0.3 is 6.18 Å². The fourth-order valence-corrected chi connectivity index (χ4v) is 4.30. The van der Waals surface area contributed by atoms with Crippen LogP contribution in [0, 0.1) is 5.92 Å². The van der Waals surface area contributed by atoms with E-state index in [2.05, 4.69) is 15.6 Å². The Bertz CT molecular complexity index is 552. The van der Waals surface area contributed by atoms with Crippen LogP contribution in [0.3, 0.4) is 0 Å². The van der Waals surface area contributed by atoms with Gasteiger partial charge in [0, 0.05) is 24.4 Å². The van der Waals surface area contributed by atoms with Gasteiger partial charge in [-0.05, 0) is 25.2 Å². The van der Waals surface area contributed by atoms with Crippen molar-refractivity contribution in [1.82, 2.24) is 15.6 Å². The highest BCUT2D eigenvalue weighted by atomic mass is 35.5. The van der Waals surface area contributed by atoms with Crippen molar-refractivity contribution in [3.8, 4) is 0 Å². The second-order valence-corrected chi connectivity index (χ2v) is 7.21. The van der Waals surface area contributed by atoms with Crippen LogP contribution in [0.2, 0.25) is 0 Å². The van der Waals surface area contributed by atoms with Gasteiger partial charge in [0.05, 0.1) is 11.0 Å². The second kappa shape index (κ2) is 8.01. The number of fused-ring (bicyclic) bond motifs is 1. The minimum atomic E-state index is -4.40. The molecule has 1 saturated carbocycles. The van der Waals surface area contributed by atoms with Crippen molar-refractivity contribution in [3.63, 3.8) is 0 Å². The van der Waals surface area contributed by atoms with Crippen LogP contribution in [0.25, 0.3) is 0 Å². The van der Waals surface area contributed by atoms with Crippen molar-refractivity contribution in [2.75, 3.05) is 6.54 Å². The minimum Gasteiger partial charge on any atom is -0.354 e. The molecule has 9 heteroatoms. The number of alkyl halides is 3. The van der Waals surface area contributed by atoms with Crippen molar-refractivity contribution in [2.24, 2.45) is 5.92 Å². The fourth-order valence-electron chi connectivity index (χ4n) is 3.49. The van der Waals surface area contributed by atoms with Gasteiger partial charge in [0.1, 0.15) is 0 Å². The van der Waals surface area contributed by atoms with Crippen LogP contribution in [0.4, 0.5) is 13.2 Å². The highest BCUT2D eigenvalue weighted by Gasteiger charge is 2.38. The van der Waals surface area contributed by atoms with E-state index in [1.807, 2.05) is 0 Å². The van der Waals surface area contributed by atoms with Crippen LogP contribution in [0.1, 0.15) is 42.8 Å². The largest absolute Gasteiger partial charge is 0.434 e. The van der Waals surface area contributed by atoms with Gasteiger partial charge in [-0.3, -0.25) is 4.79 Å². The number of aromatic nitrogens is 1. The number of nitrogens with one attached hydrogen (secondary N) is 2. The molecule has 0 spiro atoms. The first-order chi connectivity index (χ1) is 10.9. The summed E-state index contributed by atoms with van der Waals surface area (Å²) in [5, 5.41) is 7.61. The number of rotatable bonds is 4. The van der Waals surface area contributed by atoms with E-state index in [1.165, 1.54) is 19.3 Å². The summed E-state index contributed by atoms with van der Waals surface area (Å²) in [5.41, 5.74) is -0.856. The Labute approximate surface area is 149 Å². The van der Waals surface area contributed by atoms with E-state index in [1.54, 1.807) is 0 Å². The van der Waals surface area contributed by atoms with Crippen molar-refractivity contribution >= 4 is 29.7 Å². The smallest absolute Gasteiger partial charge is 0.354 e. The third-order valence-corrected chi connectivity index (χ3v) is 5.57. The standard InChI is InChI=1S/C15H20F3N3OS.ClH/c16-15(17,18)12-8-23-13(21-12)5-6-19-14(22)11-7-9-3-1-2-4-10(9)20-11;/h8-11,20H,1-7H2,(H,19,22);1H. The zero-order valence-electron chi connectivity index (χ0n) is 13.1. The van der Waals surface area contributed by atoms with Crippen LogP contribution in [-0.4, -0.2) is 29.5 Å². The van der Waals surface area contributed by atoms with E-state index < -0.39 is 11.9 Å². The molecule has 3 rings (SSSR count). The molecular formula is C15H21ClF3N3OS. The van der Waals surface area contributed by atoms with E-state index in [0.29, 0.717) is 29.9 Å². The minimum absolute atomic E-state index is 0. The topological polar surface area (TPSA) is 54.0 Å². The summed E-state index contributed by atoms with van der Waals surface area (Å²) >= 11 is 0.979. The van der Waals surface area contributed by atoms with Crippen molar-refractivity contribution in [3.05, 3.63) is 16.1 Å². The Morgan fingerprint density at radius 1 is 1.38 bits per heavy atom. The molecule has 4 nitrogen and oxygen atoms in total. The number of halogens is 4. The van der Waals surface area contributed by atoms with E-state index in [4.69, 9.17) is 0 Å². The first kappa shape index (κ1) is 19.5. The molecule has 3 unspecified atom stereocenters. The predicted molar refractivity (Wildman–Crippen MR) is 88.4 cm³/mol. The Morgan fingerprint density at radius 2 is 2.12 bits per heavy atom. The fraction of sp³-hybridized carbons (Fsp3) is 0.733. The molecular weight excluding hydrogens is 363 g/mol. The summed E-state index contributed by atoms with van der Waals surface area (Å²) < 4.78 is 37.4. The molecule has 1 aliphatic heterocycles. The molecule has 24 heavy (non-hydrogen) atoms. The molecule has 2 aliphatic rings. The highest BCUT2D eigenvalue weighted by Crippen LogP contribution is 2.33. The zero-order chi connectivity index (χ0) is 16.4. The SMILES string of the molecule is Cl.O=C(NCCc1nc(C(F)(F)F)cs1)C1CC2CCCCC2N1. The van der Waals surface area contributed by atoms with Crippen molar-refractivity contribution < 1.29 is 18.0 Å². The number of nitrogens with zero attached hydrogens (tertiary/aromatic N) is 1. The number of thiazole rings is 1. The molecule has 0 aromatic carbocycles. The maximum atomic E-state index is 12.5. The van der Waals surface area contributed by atoms with Crippen molar-refractivity contribution in [2.45, 2.75) is 56.8 Å². The predicted octanol–water partition coefficient (Wildman–Crippen LogP) is 3.16. The third-order valence-electron chi connectivity index (χ3n) is 4.66. The Balaban J connectivity index is 0.00000208. The molecule has 1 aliphatic carbocycles. The van der Waals surface area contributed by atoms with Crippen LogP contribution in [0.15, 0.2) is 5.38 Å². The average molecular weight is 384 g/mol. The van der Waals surface area contributed by atoms with Gasteiger partial charge in [-0.2, -0.15) is 13.2 Å². The van der Waals surface area contributed by atoms with E-state index in [9.17, 15) is 18.0 Å². The first-order valence-electron chi connectivity index (χ1n) is 7.99. The highest BCUT2D eigenvalue weighted by molar-refractivity contribution is 7.09. The lowest BCUT2D eigenvalue weighted by molar-refractivity contribution is -0.140.